The Morgan fingerprint density at radius 3 is 2.39 bits per heavy atom. The van der Waals surface area contributed by atoms with Crippen LogP contribution < -0.4 is 0 Å². The van der Waals surface area contributed by atoms with Gasteiger partial charge in [-0.15, -0.1) is 0 Å². The monoisotopic (exact) mass is 301 g/mol. The quantitative estimate of drug-likeness (QED) is 0.569. The van der Waals surface area contributed by atoms with Crippen molar-refractivity contribution in [3.05, 3.63) is 60.6 Å². The molecule has 5 heteroatoms. The number of fused-ring (bicyclic) bond motifs is 1. The molecule has 0 aliphatic heterocycles. The molecule has 112 valence electrons. The number of benzene rings is 1. The summed E-state index contributed by atoms with van der Waals surface area (Å²) in [6.07, 6.45) is 5.26. The van der Waals surface area contributed by atoms with E-state index in [1.54, 1.807) is 18.6 Å². The van der Waals surface area contributed by atoms with Crippen LogP contribution in [-0.2, 0) is 7.05 Å². The molecule has 5 nitrogen and oxygen atoms in total. The lowest BCUT2D eigenvalue weighted by Gasteiger charge is -2.04. The zero-order valence-electron chi connectivity index (χ0n) is 12.9. The molecule has 23 heavy (non-hydrogen) atoms. The van der Waals surface area contributed by atoms with Gasteiger partial charge in [0.15, 0.2) is 5.82 Å². The number of rotatable bonds is 2. The summed E-state index contributed by atoms with van der Waals surface area (Å²) >= 11 is 0. The molecule has 0 amide bonds. The average molecular weight is 301 g/mol. The third kappa shape index (κ3) is 2.36. The van der Waals surface area contributed by atoms with Gasteiger partial charge in [-0.3, -0.25) is 9.67 Å². The molecular weight excluding hydrogens is 286 g/mol. The first kappa shape index (κ1) is 13.6. The van der Waals surface area contributed by atoms with Gasteiger partial charge in [0.25, 0.3) is 0 Å². The summed E-state index contributed by atoms with van der Waals surface area (Å²) in [5.74, 6) is 0.682. The molecule has 0 saturated carbocycles. The number of nitrogens with zero attached hydrogens (tertiary/aromatic N) is 5. The maximum absolute atomic E-state index is 4.74. The Morgan fingerprint density at radius 2 is 1.65 bits per heavy atom. The third-order valence-electron chi connectivity index (χ3n) is 3.84. The normalized spacial score (nSPS) is 11.0. The van der Waals surface area contributed by atoms with Crippen molar-refractivity contribution in [2.75, 3.05) is 0 Å². The van der Waals surface area contributed by atoms with Gasteiger partial charge in [-0.1, -0.05) is 29.8 Å². The van der Waals surface area contributed by atoms with Crippen molar-refractivity contribution in [1.29, 1.82) is 0 Å². The lowest BCUT2D eigenvalue weighted by molar-refractivity contribution is 0.787. The summed E-state index contributed by atoms with van der Waals surface area (Å²) in [6, 6.07) is 12.2. The predicted octanol–water partition coefficient (Wildman–Crippen LogP) is 3.40. The van der Waals surface area contributed by atoms with Crippen molar-refractivity contribution in [3.63, 3.8) is 0 Å². The van der Waals surface area contributed by atoms with Crippen molar-refractivity contribution < 1.29 is 0 Å². The molecule has 0 bridgehead atoms. The molecule has 0 aliphatic carbocycles. The van der Waals surface area contributed by atoms with Crippen LogP contribution in [0.2, 0.25) is 0 Å². The van der Waals surface area contributed by atoms with E-state index in [-0.39, 0.29) is 0 Å². The standard InChI is InChI=1S/C18H15N5/c1-12-3-5-13(6-4-12)17-16-15(22-23(17)2)11-20-18(21-16)14-7-9-19-10-8-14/h3-11H,1-2H3. The molecule has 0 N–H and O–H groups in total. The molecule has 0 spiro atoms. The van der Waals surface area contributed by atoms with E-state index in [2.05, 4.69) is 46.3 Å². The van der Waals surface area contributed by atoms with Crippen LogP contribution in [0.4, 0.5) is 0 Å². The van der Waals surface area contributed by atoms with Crippen LogP contribution >= 0.6 is 0 Å². The van der Waals surface area contributed by atoms with Gasteiger partial charge in [-0.2, -0.15) is 5.10 Å². The van der Waals surface area contributed by atoms with Gasteiger partial charge >= 0.3 is 0 Å². The molecule has 0 fully saturated rings. The van der Waals surface area contributed by atoms with E-state index in [4.69, 9.17) is 4.98 Å². The Bertz CT molecular complexity index is 972. The lowest BCUT2D eigenvalue weighted by atomic mass is 10.1. The van der Waals surface area contributed by atoms with E-state index in [0.29, 0.717) is 5.82 Å². The first-order valence-electron chi connectivity index (χ1n) is 7.39. The zero-order valence-corrected chi connectivity index (χ0v) is 12.9. The summed E-state index contributed by atoms with van der Waals surface area (Å²) in [6.45, 7) is 2.08. The first-order valence-corrected chi connectivity index (χ1v) is 7.39. The van der Waals surface area contributed by atoms with Crippen molar-refractivity contribution in [2.24, 2.45) is 7.05 Å². The molecule has 4 aromatic rings. The second-order valence-electron chi connectivity index (χ2n) is 5.50. The molecule has 4 rings (SSSR count). The molecule has 0 radical (unpaired) electrons. The van der Waals surface area contributed by atoms with Gasteiger partial charge in [0.05, 0.1) is 11.9 Å². The van der Waals surface area contributed by atoms with Crippen molar-refractivity contribution in [3.8, 4) is 22.6 Å². The minimum atomic E-state index is 0.682. The summed E-state index contributed by atoms with van der Waals surface area (Å²) in [5.41, 5.74) is 5.92. The molecule has 0 saturated heterocycles. The van der Waals surface area contributed by atoms with Gasteiger partial charge in [-0.05, 0) is 19.1 Å². The second kappa shape index (κ2) is 5.28. The summed E-state index contributed by atoms with van der Waals surface area (Å²) in [5, 5.41) is 4.53. The maximum atomic E-state index is 4.74. The Labute approximate surface area is 133 Å². The van der Waals surface area contributed by atoms with Crippen LogP contribution in [0.15, 0.2) is 55.0 Å². The lowest BCUT2D eigenvalue weighted by Crippen LogP contribution is -1.94. The SMILES string of the molecule is Cc1ccc(-c2c3nc(-c4ccncc4)ncc3nn2C)cc1. The van der Waals surface area contributed by atoms with Crippen LogP contribution in [0.1, 0.15) is 5.56 Å². The van der Waals surface area contributed by atoms with Gasteiger partial charge in [0, 0.05) is 30.6 Å². The zero-order chi connectivity index (χ0) is 15.8. The highest BCUT2D eigenvalue weighted by Crippen LogP contribution is 2.28. The average Bonchev–Trinajstić information content (AvgIpc) is 2.91. The largest absolute Gasteiger partial charge is 0.265 e. The van der Waals surface area contributed by atoms with E-state index in [1.165, 1.54) is 5.56 Å². The smallest absolute Gasteiger partial charge is 0.160 e. The number of hydrogen-bond acceptors (Lipinski definition) is 4. The van der Waals surface area contributed by atoms with Crippen LogP contribution in [0.25, 0.3) is 33.7 Å². The topological polar surface area (TPSA) is 56.5 Å². The molecule has 3 aromatic heterocycles. The highest BCUT2D eigenvalue weighted by atomic mass is 15.3. The minimum Gasteiger partial charge on any atom is -0.265 e. The molecule has 0 aliphatic rings. The Balaban J connectivity index is 1.94. The van der Waals surface area contributed by atoms with Gasteiger partial charge in [0.1, 0.15) is 11.0 Å². The molecule has 1 aromatic carbocycles. The fourth-order valence-electron chi connectivity index (χ4n) is 2.66. The molecular formula is C18H15N5. The van der Waals surface area contributed by atoms with Gasteiger partial charge in [-0.25, -0.2) is 9.97 Å². The predicted molar refractivity (Wildman–Crippen MR) is 89.7 cm³/mol. The van der Waals surface area contributed by atoms with E-state index < -0.39 is 0 Å². The van der Waals surface area contributed by atoms with Crippen molar-refractivity contribution >= 4 is 11.0 Å². The Hall–Kier alpha value is -3.08. The second-order valence-corrected chi connectivity index (χ2v) is 5.50. The van der Waals surface area contributed by atoms with Crippen LogP contribution in [0.3, 0.4) is 0 Å². The third-order valence-corrected chi connectivity index (χ3v) is 3.84. The van der Waals surface area contributed by atoms with E-state index in [1.807, 2.05) is 23.9 Å². The number of aryl methyl sites for hydroxylation is 2. The molecule has 3 heterocycles. The van der Waals surface area contributed by atoms with Crippen molar-refractivity contribution in [1.82, 2.24) is 24.7 Å². The Morgan fingerprint density at radius 1 is 0.913 bits per heavy atom. The van der Waals surface area contributed by atoms with Crippen molar-refractivity contribution in [2.45, 2.75) is 6.92 Å². The number of aromatic nitrogens is 5. The van der Waals surface area contributed by atoms with Crippen LogP contribution in [0, 0.1) is 6.92 Å². The van der Waals surface area contributed by atoms with Gasteiger partial charge < -0.3 is 0 Å². The Kier molecular flexibility index (Phi) is 3.12. The number of pyridine rings is 1. The fraction of sp³-hybridized carbons (Fsp3) is 0.111. The first-order chi connectivity index (χ1) is 11.2. The van der Waals surface area contributed by atoms with E-state index >= 15 is 0 Å². The fourth-order valence-corrected chi connectivity index (χ4v) is 2.66. The van der Waals surface area contributed by atoms with E-state index in [9.17, 15) is 0 Å². The van der Waals surface area contributed by atoms with Crippen LogP contribution in [0.5, 0.6) is 0 Å². The highest BCUT2D eigenvalue weighted by molar-refractivity contribution is 5.90. The maximum Gasteiger partial charge on any atom is 0.160 e. The molecule has 0 atom stereocenters. The molecule has 0 unspecified atom stereocenters. The van der Waals surface area contributed by atoms with Gasteiger partial charge in [0.2, 0.25) is 0 Å². The number of hydrogen-bond donors (Lipinski definition) is 0. The van der Waals surface area contributed by atoms with Crippen LogP contribution in [-0.4, -0.2) is 24.7 Å². The highest BCUT2D eigenvalue weighted by Gasteiger charge is 2.14. The summed E-state index contributed by atoms with van der Waals surface area (Å²) in [7, 11) is 1.93. The summed E-state index contributed by atoms with van der Waals surface area (Å²) in [4.78, 5) is 13.2. The summed E-state index contributed by atoms with van der Waals surface area (Å²) < 4.78 is 1.86. The minimum absolute atomic E-state index is 0.682. The van der Waals surface area contributed by atoms with E-state index in [0.717, 1.165) is 27.9 Å².